The van der Waals surface area contributed by atoms with Crippen molar-refractivity contribution in [2.45, 2.75) is 125 Å². The van der Waals surface area contributed by atoms with Gasteiger partial charge < -0.3 is 10.4 Å². The Morgan fingerprint density at radius 2 is 1.58 bits per heavy atom. The number of allylic oxidation sites excluding steroid dienone is 1. The van der Waals surface area contributed by atoms with Crippen molar-refractivity contribution in [2.24, 2.45) is 56.7 Å². The first-order chi connectivity index (χ1) is 24.8. The van der Waals surface area contributed by atoms with Crippen LogP contribution in [0, 0.1) is 56.7 Å². The molecule has 1 aliphatic heterocycles. The highest BCUT2D eigenvalue weighted by Crippen LogP contribution is 2.77. The molecule has 5 aliphatic carbocycles. The van der Waals surface area contributed by atoms with Gasteiger partial charge in [0.25, 0.3) is 0 Å². The third-order valence-corrected chi connectivity index (χ3v) is 18.1. The fourth-order valence-electron chi connectivity index (χ4n) is 15.0. The zero-order valence-corrected chi connectivity index (χ0v) is 33.9. The minimum absolute atomic E-state index is 0.0296. The summed E-state index contributed by atoms with van der Waals surface area (Å²) in [6.07, 6.45) is 14.5. The molecule has 6 fully saturated rings. The second-order valence-corrected chi connectivity index (χ2v) is 20.5. The SMILES string of the molecule is C=C(C)[C@@H]1CC[C@]2(CCNCCN3CCN(Cc4ccc5ccccc5n4)CC3)CC[C@]3(C)[C@H](CC[C@@H]4[C@@]5(C)CC[C@H](O)C(C)(C)[C@@H]5CC[C@]43C)[C@@H]12. The Hall–Kier alpha value is -1.79. The van der Waals surface area contributed by atoms with Gasteiger partial charge in [0.1, 0.15) is 0 Å². The van der Waals surface area contributed by atoms with Crippen LogP contribution in [0.1, 0.15) is 118 Å². The predicted molar refractivity (Wildman–Crippen MR) is 216 cm³/mol. The first-order valence-electron chi connectivity index (χ1n) is 21.6. The van der Waals surface area contributed by atoms with Crippen LogP contribution in [0.5, 0.6) is 0 Å². The maximum atomic E-state index is 11.1. The van der Waals surface area contributed by atoms with Gasteiger partial charge in [-0.15, -0.1) is 0 Å². The average molecular weight is 709 g/mol. The van der Waals surface area contributed by atoms with Crippen molar-refractivity contribution in [2.75, 3.05) is 45.8 Å². The van der Waals surface area contributed by atoms with Gasteiger partial charge in [-0.25, -0.2) is 0 Å². The maximum Gasteiger partial charge on any atom is 0.0705 e. The highest BCUT2D eigenvalue weighted by Gasteiger charge is 2.70. The monoisotopic (exact) mass is 709 g/mol. The maximum absolute atomic E-state index is 11.1. The summed E-state index contributed by atoms with van der Waals surface area (Å²) in [5.41, 5.74) is 5.41. The molecular formula is C47H72N4O. The fraction of sp³-hybridized carbons (Fsp3) is 0.766. The standard InChI is InChI=1S/C47H72N4O/c1-33(2)36-16-21-47(24-25-48-26-27-50-28-30-51(31-29-50)32-35-13-12-34-10-8-9-11-38(34)49-35)23-22-45(6)37(42(36)47)14-15-40-44(5)19-18-41(52)43(3,4)39(44)17-20-46(40,45)7/h8-13,36-37,39-42,48,52H,1,14-32H2,2-7H3/t36-,37+,39-,40+,41-,42+,44-,45+,46+,47+/m0/s1. The molecule has 0 amide bonds. The number of aliphatic hydroxyl groups is 1. The molecule has 1 aromatic carbocycles. The topological polar surface area (TPSA) is 51.6 Å². The molecule has 6 aliphatic rings. The Balaban J connectivity index is 0.875. The lowest BCUT2D eigenvalue weighted by molar-refractivity contribution is -0.247. The van der Waals surface area contributed by atoms with Gasteiger partial charge >= 0.3 is 0 Å². The van der Waals surface area contributed by atoms with Crippen LogP contribution < -0.4 is 5.32 Å². The van der Waals surface area contributed by atoms with E-state index in [0.29, 0.717) is 33.5 Å². The van der Waals surface area contributed by atoms with Crippen molar-refractivity contribution < 1.29 is 5.11 Å². The van der Waals surface area contributed by atoms with Crippen LogP contribution in [0.15, 0.2) is 48.6 Å². The number of nitrogens with one attached hydrogen (secondary N) is 1. The van der Waals surface area contributed by atoms with Crippen molar-refractivity contribution in [1.82, 2.24) is 20.1 Å². The molecule has 5 saturated carbocycles. The number of aliphatic hydroxyl groups excluding tert-OH is 1. The number of hydrogen-bond donors (Lipinski definition) is 2. The van der Waals surface area contributed by atoms with Gasteiger partial charge in [0.05, 0.1) is 17.3 Å². The third-order valence-electron chi connectivity index (χ3n) is 18.1. The van der Waals surface area contributed by atoms with E-state index in [1.165, 1.54) is 80.9 Å². The molecule has 10 atom stereocenters. The van der Waals surface area contributed by atoms with Crippen LogP contribution in [0.3, 0.4) is 0 Å². The Morgan fingerprint density at radius 3 is 2.37 bits per heavy atom. The molecule has 2 heterocycles. The molecule has 2 aromatic rings. The Labute approximate surface area is 316 Å². The molecule has 0 unspecified atom stereocenters. The smallest absolute Gasteiger partial charge is 0.0705 e. The lowest BCUT2D eigenvalue weighted by Crippen LogP contribution is -2.66. The number of benzene rings is 1. The number of para-hydroxylation sites is 1. The summed E-state index contributed by atoms with van der Waals surface area (Å²) in [6, 6.07) is 12.9. The molecule has 8 rings (SSSR count). The molecule has 2 N–H and O–H groups in total. The third kappa shape index (κ3) is 5.97. The summed E-state index contributed by atoms with van der Waals surface area (Å²) in [7, 11) is 0. The molecule has 0 bridgehead atoms. The zero-order chi connectivity index (χ0) is 36.5. The summed E-state index contributed by atoms with van der Waals surface area (Å²) in [5.74, 6) is 3.73. The number of rotatable bonds is 9. The molecule has 1 saturated heterocycles. The van der Waals surface area contributed by atoms with Crippen LogP contribution in [0.4, 0.5) is 0 Å². The molecule has 52 heavy (non-hydrogen) atoms. The summed E-state index contributed by atoms with van der Waals surface area (Å²) in [5, 5.41) is 16.3. The largest absolute Gasteiger partial charge is 0.393 e. The first-order valence-corrected chi connectivity index (χ1v) is 21.6. The van der Waals surface area contributed by atoms with Crippen LogP contribution in [-0.2, 0) is 6.54 Å². The van der Waals surface area contributed by atoms with Gasteiger partial charge in [0.15, 0.2) is 0 Å². The Bertz CT molecular complexity index is 1610. The minimum atomic E-state index is -0.143. The number of piperazine rings is 1. The molecule has 286 valence electrons. The van der Waals surface area contributed by atoms with E-state index in [1.54, 1.807) is 0 Å². The van der Waals surface area contributed by atoms with Gasteiger partial charge in [0.2, 0.25) is 0 Å². The summed E-state index contributed by atoms with van der Waals surface area (Å²) in [6.45, 7) is 28.9. The fourth-order valence-corrected chi connectivity index (χ4v) is 15.0. The quantitative estimate of drug-likeness (QED) is 0.201. The summed E-state index contributed by atoms with van der Waals surface area (Å²) < 4.78 is 0. The van der Waals surface area contributed by atoms with Gasteiger partial charge in [-0.3, -0.25) is 14.8 Å². The van der Waals surface area contributed by atoms with E-state index in [1.807, 2.05) is 0 Å². The van der Waals surface area contributed by atoms with Crippen LogP contribution in [0.25, 0.3) is 10.9 Å². The number of hydrogen-bond acceptors (Lipinski definition) is 5. The van der Waals surface area contributed by atoms with E-state index >= 15 is 0 Å². The van der Waals surface area contributed by atoms with E-state index in [2.05, 4.69) is 99.6 Å². The van der Waals surface area contributed by atoms with Crippen LogP contribution >= 0.6 is 0 Å². The van der Waals surface area contributed by atoms with E-state index in [0.717, 1.165) is 82.0 Å². The van der Waals surface area contributed by atoms with E-state index < -0.39 is 0 Å². The number of fused-ring (bicyclic) bond motifs is 8. The second-order valence-electron chi connectivity index (χ2n) is 20.5. The molecule has 5 nitrogen and oxygen atoms in total. The minimum Gasteiger partial charge on any atom is -0.393 e. The lowest BCUT2D eigenvalue weighted by atomic mass is 9.32. The van der Waals surface area contributed by atoms with Crippen LogP contribution in [-0.4, -0.2) is 71.8 Å². The zero-order valence-electron chi connectivity index (χ0n) is 33.9. The molecular weight excluding hydrogens is 637 g/mol. The number of aromatic nitrogens is 1. The van der Waals surface area contributed by atoms with E-state index in [4.69, 9.17) is 4.98 Å². The molecule has 5 heteroatoms. The summed E-state index contributed by atoms with van der Waals surface area (Å²) in [4.78, 5) is 10.2. The van der Waals surface area contributed by atoms with Gasteiger partial charge in [-0.1, -0.05) is 71.0 Å². The molecule has 0 radical (unpaired) electrons. The van der Waals surface area contributed by atoms with E-state index in [9.17, 15) is 5.11 Å². The van der Waals surface area contributed by atoms with Crippen molar-refractivity contribution in [3.05, 3.63) is 54.2 Å². The van der Waals surface area contributed by atoms with Gasteiger partial charge in [-0.2, -0.15) is 0 Å². The predicted octanol–water partition coefficient (Wildman–Crippen LogP) is 9.35. The van der Waals surface area contributed by atoms with Crippen molar-refractivity contribution in [3.8, 4) is 0 Å². The summed E-state index contributed by atoms with van der Waals surface area (Å²) >= 11 is 0. The van der Waals surface area contributed by atoms with Crippen molar-refractivity contribution in [1.29, 1.82) is 0 Å². The second kappa shape index (κ2) is 13.7. The van der Waals surface area contributed by atoms with Gasteiger partial charge in [-0.05, 0) is 153 Å². The van der Waals surface area contributed by atoms with Crippen molar-refractivity contribution in [3.63, 3.8) is 0 Å². The Kier molecular flexibility index (Phi) is 9.82. The van der Waals surface area contributed by atoms with Crippen LogP contribution in [0.2, 0.25) is 0 Å². The lowest BCUT2D eigenvalue weighted by Gasteiger charge is -2.73. The normalized spacial score (nSPS) is 41.9. The Morgan fingerprint density at radius 1 is 0.808 bits per heavy atom. The van der Waals surface area contributed by atoms with Crippen molar-refractivity contribution >= 4 is 10.9 Å². The highest BCUT2D eigenvalue weighted by molar-refractivity contribution is 5.78. The molecule has 0 spiro atoms. The molecule has 1 aromatic heterocycles. The van der Waals surface area contributed by atoms with Gasteiger partial charge in [0, 0.05) is 51.2 Å². The number of pyridine rings is 1. The highest BCUT2D eigenvalue weighted by atomic mass is 16.3. The number of nitrogens with zero attached hydrogens (tertiary/aromatic N) is 3. The van der Waals surface area contributed by atoms with E-state index in [-0.39, 0.29) is 11.5 Å². The first kappa shape index (κ1) is 37.1. The average Bonchev–Trinajstić information content (AvgIpc) is 3.51.